The molecule has 228 valence electrons. The van der Waals surface area contributed by atoms with Crippen molar-refractivity contribution in [3.05, 3.63) is 76.4 Å². The third kappa shape index (κ3) is 4.76. The maximum Gasteiger partial charge on any atom is 0.416 e. The van der Waals surface area contributed by atoms with Crippen LogP contribution in [-0.2, 0) is 36.5 Å². The van der Waals surface area contributed by atoms with Crippen LogP contribution in [0.1, 0.15) is 70.5 Å². The number of carbonyl (C=O) groups excluding carboxylic acids is 1. The largest absolute Gasteiger partial charge is 0.416 e. The second-order valence-electron chi connectivity index (χ2n) is 13.1. The minimum Gasteiger partial charge on any atom is -0.396 e. The molecule has 4 aliphatic rings. The summed E-state index contributed by atoms with van der Waals surface area (Å²) in [6.45, 7) is 0.645. The van der Waals surface area contributed by atoms with Crippen molar-refractivity contribution in [1.29, 1.82) is 0 Å². The van der Waals surface area contributed by atoms with E-state index in [2.05, 4.69) is 15.5 Å². The lowest BCUT2D eigenvalue weighted by atomic mass is 9.62. The van der Waals surface area contributed by atoms with Crippen LogP contribution >= 0.6 is 0 Å². The molecule has 1 aromatic heterocycles. The number of aliphatic hydroxyl groups excluding tert-OH is 1. The first-order valence-corrected chi connectivity index (χ1v) is 14.9. The Morgan fingerprint density at radius 3 is 2.56 bits per heavy atom. The van der Waals surface area contributed by atoms with Crippen molar-refractivity contribution in [2.75, 3.05) is 25.2 Å². The molecule has 7 rings (SSSR count). The number of amides is 1. The Bertz CT molecular complexity index is 1550. The number of benzene rings is 2. The average molecular weight is 596 g/mol. The molecule has 2 heterocycles. The molecule has 43 heavy (non-hydrogen) atoms. The summed E-state index contributed by atoms with van der Waals surface area (Å²) < 4.78 is 50.5. The molecule has 3 aromatic rings. The fourth-order valence-corrected chi connectivity index (χ4v) is 7.96. The summed E-state index contributed by atoms with van der Waals surface area (Å²) >= 11 is 0. The number of nitrogens with zero attached hydrogens (tertiary/aromatic N) is 4. The normalized spacial score (nSPS) is 29.5. The fourth-order valence-electron chi connectivity index (χ4n) is 7.96. The van der Waals surface area contributed by atoms with Crippen LogP contribution in [0.15, 0.2) is 42.7 Å². The molecule has 2 atom stereocenters. The maximum atomic E-state index is 14.3. The van der Waals surface area contributed by atoms with Gasteiger partial charge in [0.2, 0.25) is 0 Å². The molecule has 0 bridgehead atoms. The lowest BCUT2D eigenvalue weighted by molar-refractivity contribution is -0.138. The van der Waals surface area contributed by atoms with Crippen LogP contribution in [0, 0.1) is 17.3 Å². The Morgan fingerprint density at radius 2 is 1.91 bits per heavy atom. The number of hydrogen-bond acceptors (Lipinski definition) is 6. The highest BCUT2D eigenvalue weighted by atomic mass is 19.4. The average Bonchev–Trinajstić information content (AvgIpc) is 3.23. The molecule has 3 aliphatic carbocycles. The smallest absolute Gasteiger partial charge is 0.396 e. The van der Waals surface area contributed by atoms with Gasteiger partial charge in [-0.3, -0.25) is 4.79 Å². The molecule has 8 nitrogen and oxygen atoms in total. The van der Waals surface area contributed by atoms with E-state index >= 15 is 0 Å². The summed E-state index contributed by atoms with van der Waals surface area (Å²) in [5.74, 6) is 1.68. The molecule has 1 aliphatic heterocycles. The molecule has 11 heteroatoms. The first-order valence-electron chi connectivity index (χ1n) is 14.9. The van der Waals surface area contributed by atoms with Crippen molar-refractivity contribution in [3.8, 4) is 0 Å². The third-order valence-corrected chi connectivity index (χ3v) is 10.4. The molecular weight excluding hydrogens is 559 g/mol. The van der Waals surface area contributed by atoms with E-state index < -0.39 is 23.1 Å². The minimum absolute atomic E-state index is 0.000433. The van der Waals surface area contributed by atoms with E-state index in [9.17, 15) is 23.1 Å². The Morgan fingerprint density at radius 1 is 1.14 bits per heavy atom. The van der Waals surface area contributed by atoms with Crippen LogP contribution in [0.25, 0.3) is 0 Å². The standard InChI is InChI=1S/C32H36F3N5O3/c1-39-18-37-38-29(39)31(12-24(13-31)43-2)22-4-3-5-23(9-22)40-15-26-25(28(40)42)6-19(7-27(26)32(33,34)35)14-36-16-30(17-41)10-20-8-21(20)11-30/h3-7,9,18,20-21,24,36,41H,8,10-17H2,1-2H3/t20?,21?,24-,30?,31-. The highest BCUT2D eigenvalue weighted by molar-refractivity contribution is 6.10. The maximum absolute atomic E-state index is 14.3. The zero-order valence-electron chi connectivity index (χ0n) is 24.3. The van der Waals surface area contributed by atoms with Gasteiger partial charge in [0.05, 0.1) is 23.6 Å². The lowest BCUT2D eigenvalue weighted by Gasteiger charge is -2.46. The van der Waals surface area contributed by atoms with E-state index in [0.29, 0.717) is 42.5 Å². The predicted octanol–water partition coefficient (Wildman–Crippen LogP) is 4.59. The number of anilines is 1. The van der Waals surface area contributed by atoms with Gasteiger partial charge in [0.25, 0.3) is 5.91 Å². The topological polar surface area (TPSA) is 92.5 Å². The summed E-state index contributed by atoms with van der Waals surface area (Å²) in [5, 5.41) is 21.8. The quantitative estimate of drug-likeness (QED) is 0.376. The Balaban J connectivity index is 1.16. The number of rotatable bonds is 9. The first-order chi connectivity index (χ1) is 20.6. The van der Waals surface area contributed by atoms with Crippen LogP contribution in [0.4, 0.5) is 18.9 Å². The van der Waals surface area contributed by atoms with Gasteiger partial charge in [-0.25, -0.2) is 0 Å². The monoisotopic (exact) mass is 595 g/mol. The van der Waals surface area contributed by atoms with Crippen molar-refractivity contribution < 1.29 is 27.8 Å². The van der Waals surface area contributed by atoms with Gasteiger partial charge in [0.15, 0.2) is 0 Å². The fraction of sp³-hybridized carbons (Fsp3) is 0.531. The van der Waals surface area contributed by atoms with Gasteiger partial charge in [-0.05, 0) is 84.9 Å². The Kier molecular flexibility index (Phi) is 6.72. The Hall–Kier alpha value is -3.28. The number of carbonyl (C=O) groups is 1. The molecule has 2 unspecified atom stereocenters. The second kappa shape index (κ2) is 10.1. The molecular formula is C32H36F3N5O3. The summed E-state index contributed by atoms with van der Waals surface area (Å²) in [6, 6.07) is 10.2. The number of aliphatic hydroxyl groups is 1. The number of aromatic nitrogens is 3. The van der Waals surface area contributed by atoms with Crippen molar-refractivity contribution in [3.63, 3.8) is 0 Å². The van der Waals surface area contributed by atoms with Gasteiger partial charge < -0.3 is 24.6 Å². The van der Waals surface area contributed by atoms with Crippen LogP contribution in [0.5, 0.6) is 0 Å². The van der Waals surface area contributed by atoms with E-state index in [1.54, 1.807) is 25.6 Å². The summed E-state index contributed by atoms with van der Waals surface area (Å²) in [4.78, 5) is 15.2. The lowest BCUT2D eigenvalue weighted by Crippen LogP contribution is -2.48. The van der Waals surface area contributed by atoms with Gasteiger partial charge >= 0.3 is 6.18 Å². The minimum atomic E-state index is -4.60. The van der Waals surface area contributed by atoms with Crippen LogP contribution in [-0.4, -0.2) is 52.1 Å². The van der Waals surface area contributed by atoms with Gasteiger partial charge in [-0.1, -0.05) is 12.1 Å². The summed E-state index contributed by atoms with van der Waals surface area (Å²) in [6.07, 6.45) is 1.58. The zero-order chi connectivity index (χ0) is 30.1. The second-order valence-corrected chi connectivity index (χ2v) is 13.1. The van der Waals surface area contributed by atoms with E-state index in [0.717, 1.165) is 24.2 Å². The first kappa shape index (κ1) is 28.5. The van der Waals surface area contributed by atoms with Crippen molar-refractivity contribution in [2.45, 2.75) is 62.9 Å². The SMILES string of the molecule is CO[C@H]1C[C@](c2cccc(N3Cc4c(cc(CNCC5(CO)CC6CC6C5)cc4C(F)(F)F)C3=O)c2)(c2nncn2C)C1. The van der Waals surface area contributed by atoms with Crippen LogP contribution < -0.4 is 10.2 Å². The Labute approximate surface area is 248 Å². The molecule has 0 radical (unpaired) electrons. The number of aryl methyl sites for hydroxylation is 1. The number of methoxy groups -OCH3 is 1. The number of nitrogens with one attached hydrogen (secondary N) is 1. The summed E-state index contributed by atoms with van der Waals surface area (Å²) in [7, 11) is 3.55. The molecule has 2 N–H and O–H groups in total. The number of hydrogen-bond donors (Lipinski definition) is 2. The highest BCUT2D eigenvalue weighted by Crippen LogP contribution is 2.59. The number of fused-ring (bicyclic) bond motifs is 2. The van der Waals surface area contributed by atoms with E-state index in [1.807, 2.05) is 29.8 Å². The predicted molar refractivity (Wildman–Crippen MR) is 152 cm³/mol. The van der Waals surface area contributed by atoms with E-state index in [1.165, 1.54) is 17.4 Å². The molecule has 2 aromatic carbocycles. The molecule has 0 saturated heterocycles. The van der Waals surface area contributed by atoms with Gasteiger partial charge in [0.1, 0.15) is 12.2 Å². The van der Waals surface area contributed by atoms with Crippen molar-refractivity contribution in [2.24, 2.45) is 24.3 Å². The summed E-state index contributed by atoms with van der Waals surface area (Å²) in [5.41, 5.74) is 0.501. The van der Waals surface area contributed by atoms with Gasteiger partial charge in [-0.15, -0.1) is 10.2 Å². The van der Waals surface area contributed by atoms with Gasteiger partial charge in [-0.2, -0.15) is 13.2 Å². The third-order valence-electron chi connectivity index (χ3n) is 10.4. The van der Waals surface area contributed by atoms with Crippen molar-refractivity contribution >= 4 is 11.6 Å². The van der Waals surface area contributed by atoms with Gasteiger partial charge in [0, 0.05) is 50.5 Å². The van der Waals surface area contributed by atoms with E-state index in [-0.39, 0.29) is 42.3 Å². The van der Waals surface area contributed by atoms with Crippen LogP contribution in [0.2, 0.25) is 0 Å². The number of alkyl halides is 3. The van der Waals surface area contributed by atoms with Crippen LogP contribution in [0.3, 0.4) is 0 Å². The molecule has 0 spiro atoms. The molecule has 1 amide bonds. The highest BCUT2D eigenvalue weighted by Gasteiger charge is 2.53. The number of halogens is 3. The zero-order valence-corrected chi connectivity index (χ0v) is 24.3. The number of ether oxygens (including phenoxy) is 1. The van der Waals surface area contributed by atoms with Crippen molar-refractivity contribution in [1.82, 2.24) is 20.1 Å². The molecule has 3 saturated carbocycles. The molecule has 3 fully saturated rings. The van der Waals surface area contributed by atoms with E-state index in [4.69, 9.17) is 4.74 Å².